The van der Waals surface area contributed by atoms with Crippen LogP contribution in [0.1, 0.15) is 12.8 Å². The number of fused-ring (bicyclic) bond motifs is 1. The van der Waals surface area contributed by atoms with E-state index in [1.54, 1.807) is 7.11 Å². The Morgan fingerprint density at radius 2 is 2.44 bits per heavy atom. The van der Waals surface area contributed by atoms with Crippen LogP contribution in [0, 0.1) is 0 Å². The van der Waals surface area contributed by atoms with E-state index in [1.165, 1.54) is 18.6 Å². The Bertz CT molecular complexity index is 561. The molecule has 0 spiro atoms. The van der Waals surface area contributed by atoms with Gasteiger partial charge in [0, 0.05) is 17.9 Å². The first-order valence-corrected chi connectivity index (χ1v) is 7.24. The fourth-order valence-electron chi connectivity index (χ4n) is 2.43. The fraction of sp³-hybridized carbons (Fsp3) is 0.462. The Morgan fingerprint density at radius 3 is 3.17 bits per heavy atom. The van der Waals surface area contributed by atoms with Crippen LogP contribution in [0.15, 0.2) is 18.2 Å². The van der Waals surface area contributed by atoms with Crippen LogP contribution in [0.5, 0.6) is 5.75 Å². The quantitative estimate of drug-likeness (QED) is 0.924. The number of hydrogen-bond donors (Lipinski definition) is 1. The molecular formula is C13H17N3OS. The van der Waals surface area contributed by atoms with Gasteiger partial charge in [-0.1, -0.05) is 0 Å². The molecule has 1 unspecified atom stereocenters. The van der Waals surface area contributed by atoms with Crippen LogP contribution in [0.4, 0.5) is 5.95 Å². The minimum atomic E-state index is 0.603. The molecule has 0 bridgehead atoms. The van der Waals surface area contributed by atoms with Gasteiger partial charge in [-0.2, -0.15) is 11.8 Å². The van der Waals surface area contributed by atoms with E-state index < -0.39 is 0 Å². The van der Waals surface area contributed by atoms with Crippen molar-refractivity contribution in [2.24, 2.45) is 0 Å². The number of nitrogen functional groups attached to an aromatic ring is 1. The van der Waals surface area contributed by atoms with E-state index in [0.717, 1.165) is 23.3 Å². The van der Waals surface area contributed by atoms with Crippen LogP contribution in [-0.2, 0) is 6.54 Å². The molecule has 1 atom stereocenters. The maximum absolute atomic E-state index is 6.02. The van der Waals surface area contributed by atoms with E-state index >= 15 is 0 Å². The van der Waals surface area contributed by atoms with Crippen molar-refractivity contribution in [1.29, 1.82) is 0 Å². The largest absolute Gasteiger partial charge is 0.497 e. The molecule has 18 heavy (non-hydrogen) atoms. The van der Waals surface area contributed by atoms with E-state index in [9.17, 15) is 0 Å². The number of anilines is 1. The summed E-state index contributed by atoms with van der Waals surface area (Å²) < 4.78 is 7.38. The molecule has 1 fully saturated rings. The maximum Gasteiger partial charge on any atom is 0.201 e. The first kappa shape index (κ1) is 11.7. The maximum atomic E-state index is 6.02. The number of rotatable bonds is 3. The summed E-state index contributed by atoms with van der Waals surface area (Å²) >= 11 is 2.03. The van der Waals surface area contributed by atoms with E-state index in [-0.39, 0.29) is 0 Å². The normalized spacial score (nSPS) is 19.5. The number of methoxy groups -OCH3 is 1. The number of thioether (sulfide) groups is 1. The molecule has 0 saturated carbocycles. The predicted molar refractivity (Wildman–Crippen MR) is 76.2 cm³/mol. The zero-order valence-corrected chi connectivity index (χ0v) is 11.2. The third-order valence-electron chi connectivity index (χ3n) is 3.40. The van der Waals surface area contributed by atoms with Crippen molar-refractivity contribution in [3.8, 4) is 5.75 Å². The van der Waals surface area contributed by atoms with Crippen molar-refractivity contribution in [2.75, 3.05) is 18.6 Å². The third kappa shape index (κ3) is 2.03. The first-order chi connectivity index (χ1) is 8.78. The van der Waals surface area contributed by atoms with Crippen molar-refractivity contribution in [3.05, 3.63) is 18.2 Å². The lowest BCUT2D eigenvalue weighted by molar-refractivity contribution is 0.415. The average Bonchev–Trinajstić information content (AvgIpc) is 2.99. The Hall–Kier alpha value is -1.36. The van der Waals surface area contributed by atoms with Gasteiger partial charge in [0.15, 0.2) is 0 Å². The van der Waals surface area contributed by atoms with Crippen molar-refractivity contribution < 1.29 is 4.74 Å². The first-order valence-electron chi connectivity index (χ1n) is 6.19. The molecule has 0 aliphatic carbocycles. The molecule has 3 rings (SSSR count). The van der Waals surface area contributed by atoms with Crippen LogP contribution in [-0.4, -0.2) is 27.7 Å². The summed E-state index contributed by atoms with van der Waals surface area (Å²) in [6, 6.07) is 5.89. The molecule has 2 aromatic rings. The zero-order chi connectivity index (χ0) is 12.5. The molecule has 1 aliphatic rings. The van der Waals surface area contributed by atoms with Crippen molar-refractivity contribution >= 4 is 28.7 Å². The van der Waals surface area contributed by atoms with Gasteiger partial charge in [-0.3, -0.25) is 0 Å². The number of imidazole rings is 1. The standard InChI is InChI=1S/C13H17N3OS/c1-17-9-4-5-11-12(7-9)16(13(14)15-11)8-10-3-2-6-18-10/h4-5,7,10H,2-3,6,8H2,1H3,(H2,14,15). The minimum absolute atomic E-state index is 0.603. The third-order valence-corrected chi connectivity index (χ3v) is 4.78. The minimum Gasteiger partial charge on any atom is -0.497 e. The second-order valence-corrected chi connectivity index (χ2v) is 5.98. The summed E-state index contributed by atoms with van der Waals surface area (Å²) in [6.45, 7) is 0.945. The molecule has 5 heteroatoms. The summed E-state index contributed by atoms with van der Waals surface area (Å²) in [7, 11) is 1.68. The topological polar surface area (TPSA) is 53.1 Å². The molecule has 0 radical (unpaired) electrons. The molecule has 1 aliphatic heterocycles. The zero-order valence-electron chi connectivity index (χ0n) is 10.4. The highest BCUT2D eigenvalue weighted by molar-refractivity contribution is 8.00. The molecule has 2 N–H and O–H groups in total. The van der Waals surface area contributed by atoms with Gasteiger partial charge in [0.25, 0.3) is 0 Å². The van der Waals surface area contributed by atoms with Gasteiger partial charge in [0.05, 0.1) is 18.1 Å². The number of aromatic nitrogens is 2. The molecule has 1 saturated heterocycles. The summed E-state index contributed by atoms with van der Waals surface area (Å²) in [5.41, 5.74) is 8.03. The predicted octanol–water partition coefficient (Wildman–Crippen LogP) is 2.52. The van der Waals surface area contributed by atoms with Gasteiger partial charge >= 0.3 is 0 Å². The van der Waals surface area contributed by atoms with Crippen LogP contribution >= 0.6 is 11.8 Å². The number of ether oxygens (including phenoxy) is 1. The van der Waals surface area contributed by atoms with Gasteiger partial charge in [0.1, 0.15) is 5.75 Å². The highest BCUT2D eigenvalue weighted by atomic mass is 32.2. The van der Waals surface area contributed by atoms with E-state index in [1.807, 2.05) is 30.0 Å². The lowest BCUT2D eigenvalue weighted by Gasteiger charge is -2.12. The molecule has 96 valence electrons. The van der Waals surface area contributed by atoms with Gasteiger partial charge in [-0.25, -0.2) is 4.98 Å². The lowest BCUT2D eigenvalue weighted by Crippen LogP contribution is -2.12. The van der Waals surface area contributed by atoms with Crippen LogP contribution in [0.2, 0.25) is 0 Å². The molecule has 1 aromatic heterocycles. The molecule has 4 nitrogen and oxygen atoms in total. The highest BCUT2D eigenvalue weighted by Crippen LogP contribution is 2.30. The highest BCUT2D eigenvalue weighted by Gasteiger charge is 2.19. The van der Waals surface area contributed by atoms with Crippen molar-refractivity contribution in [3.63, 3.8) is 0 Å². The number of nitrogens with two attached hydrogens (primary N) is 1. The number of hydrogen-bond acceptors (Lipinski definition) is 4. The van der Waals surface area contributed by atoms with Crippen LogP contribution in [0.3, 0.4) is 0 Å². The summed E-state index contributed by atoms with van der Waals surface area (Å²) in [6.07, 6.45) is 2.58. The van der Waals surface area contributed by atoms with Gasteiger partial charge in [-0.05, 0) is 30.7 Å². The van der Waals surface area contributed by atoms with E-state index in [0.29, 0.717) is 11.2 Å². The SMILES string of the molecule is COc1ccc2nc(N)n(CC3CCCS3)c2c1. The average molecular weight is 263 g/mol. The van der Waals surface area contributed by atoms with Crippen LogP contribution < -0.4 is 10.5 Å². The van der Waals surface area contributed by atoms with E-state index in [4.69, 9.17) is 10.5 Å². The molecular weight excluding hydrogens is 246 g/mol. The van der Waals surface area contributed by atoms with Crippen molar-refractivity contribution in [1.82, 2.24) is 9.55 Å². The number of nitrogens with zero attached hydrogens (tertiary/aromatic N) is 2. The Kier molecular flexibility index (Phi) is 3.07. The lowest BCUT2D eigenvalue weighted by atomic mass is 10.2. The molecule has 0 amide bonds. The fourth-order valence-corrected chi connectivity index (χ4v) is 3.69. The Labute approximate surface area is 111 Å². The van der Waals surface area contributed by atoms with Gasteiger partial charge < -0.3 is 15.0 Å². The van der Waals surface area contributed by atoms with Crippen LogP contribution in [0.25, 0.3) is 11.0 Å². The smallest absolute Gasteiger partial charge is 0.201 e. The summed E-state index contributed by atoms with van der Waals surface area (Å²) in [4.78, 5) is 4.41. The van der Waals surface area contributed by atoms with Crippen molar-refractivity contribution in [2.45, 2.75) is 24.6 Å². The molecule has 2 heterocycles. The monoisotopic (exact) mass is 263 g/mol. The second kappa shape index (κ2) is 4.72. The molecule has 1 aromatic carbocycles. The Morgan fingerprint density at radius 1 is 1.56 bits per heavy atom. The summed E-state index contributed by atoms with van der Waals surface area (Å²) in [5.74, 6) is 2.72. The second-order valence-electron chi connectivity index (χ2n) is 4.57. The Balaban J connectivity index is 2.00. The summed E-state index contributed by atoms with van der Waals surface area (Å²) in [5, 5.41) is 0.663. The van der Waals surface area contributed by atoms with Gasteiger partial charge in [0.2, 0.25) is 5.95 Å². The van der Waals surface area contributed by atoms with Gasteiger partial charge in [-0.15, -0.1) is 0 Å². The number of benzene rings is 1. The van der Waals surface area contributed by atoms with E-state index in [2.05, 4.69) is 9.55 Å².